The van der Waals surface area contributed by atoms with Gasteiger partial charge in [0.2, 0.25) is 0 Å². The molecular weight excluding hydrogens is 258 g/mol. The van der Waals surface area contributed by atoms with Gasteiger partial charge in [0.05, 0.1) is 21.3 Å². The number of hydrogen-bond acceptors (Lipinski definition) is 5. The molecule has 1 atom stereocenters. The van der Waals surface area contributed by atoms with Crippen molar-refractivity contribution in [1.82, 2.24) is 4.90 Å². The lowest BCUT2D eigenvalue weighted by Crippen LogP contribution is -2.53. The van der Waals surface area contributed by atoms with Gasteiger partial charge in [0.1, 0.15) is 6.04 Å². The summed E-state index contributed by atoms with van der Waals surface area (Å²) in [6.45, 7) is 1.79. The van der Waals surface area contributed by atoms with Gasteiger partial charge in [-0.25, -0.2) is 0 Å². The van der Waals surface area contributed by atoms with Gasteiger partial charge in [-0.3, -0.25) is 9.69 Å². The molecule has 0 N–H and O–H groups in total. The van der Waals surface area contributed by atoms with Crippen molar-refractivity contribution in [2.75, 3.05) is 34.4 Å². The average molecular weight is 279 g/mol. The summed E-state index contributed by atoms with van der Waals surface area (Å²) in [5.74, 6) is 1.33. The molecule has 5 heteroatoms. The molecule has 0 radical (unpaired) electrons. The third-order valence-electron chi connectivity index (χ3n) is 3.74. The van der Waals surface area contributed by atoms with E-state index in [2.05, 4.69) is 4.90 Å². The van der Waals surface area contributed by atoms with Crippen LogP contribution in [0.4, 0.5) is 0 Å². The second kappa shape index (κ2) is 6.61. The summed E-state index contributed by atoms with van der Waals surface area (Å²) in [6, 6.07) is 5.84. The van der Waals surface area contributed by atoms with E-state index in [1.165, 1.54) is 7.11 Å². The first-order valence-corrected chi connectivity index (χ1v) is 6.72. The van der Waals surface area contributed by atoms with Crippen LogP contribution in [0, 0.1) is 0 Å². The van der Waals surface area contributed by atoms with E-state index < -0.39 is 0 Å². The van der Waals surface area contributed by atoms with E-state index in [0.29, 0.717) is 0 Å². The molecule has 1 heterocycles. The summed E-state index contributed by atoms with van der Waals surface area (Å²) in [5, 5.41) is 0. The molecule has 0 aliphatic carbocycles. The van der Waals surface area contributed by atoms with Crippen LogP contribution in [0.2, 0.25) is 0 Å². The highest BCUT2D eigenvalue weighted by Gasteiger charge is 2.34. The number of ether oxygens (including phenoxy) is 3. The van der Waals surface area contributed by atoms with Crippen LogP contribution in [0.15, 0.2) is 18.2 Å². The summed E-state index contributed by atoms with van der Waals surface area (Å²) < 4.78 is 15.3. The lowest BCUT2D eigenvalue weighted by Gasteiger charge is -2.38. The first kappa shape index (κ1) is 14.7. The van der Waals surface area contributed by atoms with E-state index in [4.69, 9.17) is 14.2 Å². The van der Waals surface area contributed by atoms with Crippen molar-refractivity contribution in [3.05, 3.63) is 23.8 Å². The maximum atomic E-state index is 11.5. The van der Waals surface area contributed by atoms with E-state index in [9.17, 15) is 4.79 Å². The predicted octanol–water partition coefficient (Wildman–Crippen LogP) is 1.49. The average Bonchev–Trinajstić information content (AvgIpc) is 2.45. The Balaban J connectivity index is 1.93. The molecule has 5 nitrogen and oxygen atoms in total. The zero-order chi connectivity index (χ0) is 14.5. The van der Waals surface area contributed by atoms with E-state index in [1.807, 2.05) is 18.2 Å². The summed E-state index contributed by atoms with van der Waals surface area (Å²) >= 11 is 0. The molecule has 1 unspecified atom stereocenters. The summed E-state index contributed by atoms with van der Waals surface area (Å²) in [6.07, 6.45) is 1.76. The zero-order valence-electron chi connectivity index (χ0n) is 12.2. The Labute approximate surface area is 119 Å². The fourth-order valence-electron chi connectivity index (χ4n) is 2.42. The molecule has 0 amide bonds. The molecule has 1 saturated heterocycles. The van der Waals surface area contributed by atoms with E-state index >= 15 is 0 Å². The quantitative estimate of drug-likeness (QED) is 0.738. The highest BCUT2D eigenvalue weighted by atomic mass is 16.5. The molecule has 0 spiro atoms. The minimum atomic E-state index is -0.136. The van der Waals surface area contributed by atoms with E-state index in [-0.39, 0.29) is 12.0 Å². The van der Waals surface area contributed by atoms with Gasteiger partial charge in [-0.15, -0.1) is 0 Å². The molecule has 1 aromatic carbocycles. The fourth-order valence-corrected chi connectivity index (χ4v) is 2.42. The van der Waals surface area contributed by atoms with Gasteiger partial charge in [0.15, 0.2) is 11.5 Å². The Kier molecular flexibility index (Phi) is 4.84. The number of carbonyl (C=O) groups is 1. The van der Waals surface area contributed by atoms with Crippen molar-refractivity contribution in [2.45, 2.75) is 18.9 Å². The topological polar surface area (TPSA) is 48.0 Å². The van der Waals surface area contributed by atoms with E-state index in [1.54, 1.807) is 14.2 Å². The van der Waals surface area contributed by atoms with Crippen molar-refractivity contribution in [1.29, 1.82) is 0 Å². The third kappa shape index (κ3) is 3.04. The molecule has 0 saturated carbocycles. The predicted molar refractivity (Wildman–Crippen MR) is 75.2 cm³/mol. The van der Waals surface area contributed by atoms with Gasteiger partial charge in [-0.05, 0) is 30.5 Å². The Morgan fingerprint density at radius 2 is 2.00 bits per heavy atom. The smallest absolute Gasteiger partial charge is 0.323 e. The Morgan fingerprint density at radius 3 is 2.55 bits per heavy atom. The summed E-state index contributed by atoms with van der Waals surface area (Å²) in [7, 11) is 4.69. The standard InChI is InChI=1S/C15H21NO4/c1-18-13-5-4-11(10-14(13)19-2)6-8-16-9-7-12(16)15(17)20-3/h4-5,10,12H,6-9H2,1-3H3. The minimum Gasteiger partial charge on any atom is -0.493 e. The second-order valence-electron chi connectivity index (χ2n) is 4.80. The number of methoxy groups -OCH3 is 3. The first-order valence-electron chi connectivity index (χ1n) is 6.72. The summed E-state index contributed by atoms with van der Waals surface area (Å²) in [5.41, 5.74) is 1.16. The Morgan fingerprint density at radius 1 is 1.25 bits per heavy atom. The molecule has 2 rings (SSSR count). The van der Waals surface area contributed by atoms with Crippen LogP contribution < -0.4 is 9.47 Å². The molecule has 0 aromatic heterocycles. The van der Waals surface area contributed by atoms with Crippen molar-refractivity contribution < 1.29 is 19.0 Å². The van der Waals surface area contributed by atoms with Gasteiger partial charge < -0.3 is 14.2 Å². The van der Waals surface area contributed by atoms with Gasteiger partial charge >= 0.3 is 5.97 Å². The second-order valence-corrected chi connectivity index (χ2v) is 4.80. The number of benzene rings is 1. The minimum absolute atomic E-state index is 0.0693. The molecule has 0 bridgehead atoms. The Hall–Kier alpha value is -1.75. The van der Waals surface area contributed by atoms with Crippen LogP contribution >= 0.6 is 0 Å². The molecule has 1 aliphatic rings. The van der Waals surface area contributed by atoms with Gasteiger partial charge in [0, 0.05) is 13.1 Å². The Bertz CT molecular complexity index is 475. The molecule has 1 fully saturated rings. The molecular formula is C15H21NO4. The molecule has 1 aromatic rings. The van der Waals surface area contributed by atoms with Gasteiger partial charge in [-0.1, -0.05) is 6.07 Å². The van der Waals surface area contributed by atoms with Crippen LogP contribution in [0.3, 0.4) is 0 Å². The third-order valence-corrected chi connectivity index (χ3v) is 3.74. The van der Waals surface area contributed by atoms with E-state index in [0.717, 1.165) is 43.0 Å². The van der Waals surface area contributed by atoms with Crippen LogP contribution in [0.1, 0.15) is 12.0 Å². The molecule has 20 heavy (non-hydrogen) atoms. The van der Waals surface area contributed by atoms with Crippen molar-refractivity contribution >= 4 is 5.97 Å². The fraction of sp³-hybridized carbons (Fsp3) is 0.533. The molecule has 1 aliphatic heterocycles. The number of nitrogens with zero attached hydrogens (tertiary/aromatic N) is 1. The maximum Gasteiger partial charge on any atom is 0.323 e. The lowest BCUT2D eigenvalue weighted by molar-refractivity contribution is -0.151. The van der Waals surface area contributed by atoms with Crippen LogP contribution in [0.5, 0.6) is 11.5 Å². The maximum absolute atomic E-state index is 11.5. The number of rotatable bonds is 6. The highest BCUT2D eigenvalue weighted by molar-refractivity contribution is 5.76. The first-order chi connectivity index (χ1) is 9.69. The number of carbonyl (C=O) groups excluding carboxylic acids is 1. The van der Waals surface area contributed by atoms with Gasteiger partial charge in [-0.2, -0.15) is 0 Å². The highest BCUT2D eigenvalue weighted by Crippen LogP contribution is 2.28. The zero-order valence-corrected chi connectivity index (χ0v) is 12.2. The number of likely N-dealkylation sites (tertiary alicyclic amines) is 1. The molecule has 110 valence electrons. The van der Waals surface area contributed by atoms with Crippen LogP contribution in [-0.4, -0.2) is 51.3 Å². The number of esters is 1. The van der Waals surface area contributed by atoms with Crippen molar-refractivity contribution in [3.8, 4) is 11.5 Å². The van der Waals surface area contributed by atoms with Crippen molar-refractivity contribution in [3.63, 3.8) is 0 Å². The van der Waals surface area contributed by atoms with Crippen LogP contribution in [-0.2, 0) is 16.0 Å². The SMILES string of the molecule is COC(=O)C1CCN1CCc1ccc(OC)c(OC)c1. The summed E-state index contributed by atoms with van der Waals surface area (Å²) in [4.78, 5) is 13.6. The number of hydrogen-bond donors (Lipinski definition) is 0. The monoisotopic (exact) mass is 279 g/mol. The normalized spacial score (nSPS) is 18.2. The van der Waals surface area contributed by atoms with Crippen LogP contribution in [0.25, 0.3) is 0 Å². The van der Waals surface area contributed by atoms with Crippen molar-refractivity contribution in [2.24, 2.45) is 0 Å². The largest absolute Gasteiger partial charge is 0.493 e. The van der Waals surface area contributed by atoms with Gasteiger partial charge in [0.25, 0.3) is 0 Å². The lowest BCUT2D eigenvalue weighted by atomic mass is 10.0.